The summed E-state index contributed by atoms with van der Waals surface area (Å²) in [5.41, 5.74) is 2.28. The summed E-state index contributed by atoms with van der Waals surface area (Å²) >= 11 is 5.31. The van der Waals surface area contributed by atoms with E-state index < -0.39 is 0 Å². The number of hydrogen-bond donors (Lipinski definition) is 1. The van der Waals surface area contributed by atoms with Crippen molar-refractivity contribution in [3.63, 3.8) is 0 Å². The Morgan fingerprint density at radius 3 is 2.90 bits per heavy atom. The third kappa shape index (κ3) is 1.78. The third-order valence-corrected chi connectivity index (χ3v) is 3.40. The second-order valence-corrected chi connectivity index (χ2v) is 4.62. The second kappa shape index (κ2) is 4.68. The molecule has 0 unspecified atom stereocenters. The van der Waals surface area contributed by atoms with Gasteiger partial charge in [0.2, 0.25) is 5.88 Å². The van der Waals surface area contributed by atoms with Crippen LogP contribution in [0.1, 0.15) is 5.56 Å². The van der Waals surface area contributed by atoms with E-state index in [1.807, 2.05) is 0 Å². The minimum absolute atomic E-state index is 0.292. The highest BCUT2D eigenvalue weighted by atomic mass is 32.1. The molecular weight excluding hydrogens is 279 g/mol. The topological polar surface area (TPSA) is 55.7 Å². The van der Waals surface area contributed by atoms with Crippen LogP contribution in [0.15, 0.2) is 24.5 Å². The van der Waals surface area contributed by atoms with Crippen LogP contribution in [0.25, 0.3) is 16.9 Å². The minimum Gasteiger partial charge on any atom is -0.479 e. The van der Waals surface area contributed by atoms with Crippen molar-refractivity contribution in [2.45, 2.75) is 6.92 Å². The van der Waals surface area contributed by atoms with Gasteiger partial charge in [0, 0.05) is 5.56 Å². The number of benzene rings is 1. The molecule has 2 heterocycles. The van der Waals surface area contributed by atoms with E-state index in [2.05, 4.69) is 15.0 Å². The Labute approximate surface area is 119 Å². The van der Waals surface area contributed by atoms with Crippen molar-refractivity contribution in [2.75, 3.05) is 7.11 Å². The summed E-state index contributed by atoms with van der Waals surface area (Å²) in [5.74, 6) is 0.105. The molecule has 20 heavy (non-hydrogen) atoms. The van der Waals surface area contributed by atoms with E-state index in [0.717, 1.165) is 0 Å². The minimum atomic E-state index is -0.292. The average molecular weight is 290 g/mol. The summed E-state index contributed by atoms with van der Waals surface area (Å²) in [6.45, 7) is 1.70. The summed E-state index contributed by atoms with van der Waals surface area (Å²) in [7, 11) is 1.52. The molecule has 0 aliphatic rings. The molecule has 3 rings (SSSR count). The lowest BCUT2D eigenvalue weighted by molar-refractivity contribution is 0.401. The molecule has 2 aromatic heterocycles. The molecule has 0 aliphatic carbocycles. The van der Waals surface area contributed by atoms with Crippen LogP contribution in [0.2, 0.25) is 0 Å². The van der Waals surface area contributed by atoms with Gasteiger partial charge in [0.15, 0.2) is 10.4 Å². The molecule has 0 saturated carbocycles. The van der Waals surface area contributed by atoms with Gasteiger partial charge in [0.25, 0.3) is 0 Å². The number of hydrogen-bond acceptors (Lipinski definition) is 4. The van der Waals surface area contributed by atoms with Crippen LogP contribution in [0, 0.1) is 17.5 Å². The summed E-state index contributed by atoms with van der Waals surface area (Å²) < 4.78 is 21.0. The summed E-state index contributed by atoms with van der Waals surface area (Å²) in [5, 5.41) is 0. The Balaban J connectivity index is 2.40. The molecule has 1 aromatic carbocycles. The van der Waals surface area contributed by atoms with Gasteiger partial charge >= 0.3 is 0 Å². The van der Waals surface area contributed by atoms with Crippen LogP contribution < -0.4 is 4.74 Å². The zero-order chi connectivity index (χ0) is 14.3. The zero-order valence-electron chi connectivity index (χ0n) is 10.8. The standard InChI is InChI=1S/C13H11FN4OS/c1-7-8(14)4-3-5-9(7)18-11-10(17-13(18)20)12(19-2)16-6-15-11/h3-6H,1-2H3,(H,17,20). The number of H-pyrrole nitrogens is 1. The quantitative estimate of drug-likeness (QED) is 0.737. The lowest BCUT2D eigenvalue weighted by Gasteiger charge is -2.08. The molecule has 1 N–H and O–H groups in total. The van der Waals surface area contributed by atoms with Gasteiger partial charge in [-0.2, -0.15) is 4.98 Å². The first-order chi connectivity index (χ1) is 9.63. The molecule has 0 fully saturated rings. The highest BCUT2D eigenvalue weighted by Crippen LogP contribution is 2.25. The Bertz CT molecular complexity index is 855. The normalized spacial score (nSPS) is 10.9. The number of rotatable bonds is 2. The van der Waals surface area contributed by atoms with Gasteiger partial charge in [0.1, 0.15) is 17.7 Å². The van der Waals surface area contributed by atoms with E-state index in [9.17, 15) is 4.39 Å². The van der Waals surface area contributed by atoms with Crippen molar-refractivity contribution >= 4 is 23.4 Å². The summed E-state index contributed by atoms with van der Waals surface area (Å²) in [6.07, 6.45) is 1.38. The molecule has 3 aromatic rings. The maximum Gasteiger partial charge on any atom is 0.242 e. The molecule has 0 bridgehead atoms. The van der Waals surface area contributed by atoms with Gasteiger partial charge in [0.05, 0.1) is 12.8 Å². The molecule has 0 radical (unpaired) electrons. The first-order valence-electron chi connectivity index (χ1n) is 5.88. The fraction of sp³-hybridized carbons (Fsp3) is 0.154. The predicted octanol–water partition coefficient (Wildman–Crippen LogP) is 2.93. The van der Waals surface area contributed by atoms with Crippen molar-refractivity contribution in [1.82, 2.24) is 19.5 Å². The van der Waals surface area contributed by atoms with Crippen LogP contribution >= 0.6 is 12.2 Å². The number of halogens is 1. The second-order valence-electron chi connectivity index (χ2n) is 4.23. The van der Waals surface area contributed by atoms with Crippen LogP contribution in [0.3, 0.4) is 0 Å². The number of nitrogens with one attached hydrogen (secondary N) is 1. The van der Waals surface area contributed by atoms with Gasteiger partial charge in [-0.3, -0.25) is 4.57 Å². The Hall–Kier alpha value is -2.28. The predicted molar refractivity (Wildman–Crippen MR) is 75.3 cm³/mol. The maximum absolute atomic E-state index is 13.7. The van der Waals surface area contributed by atoms with Crippen molar-refractivity contribution in [3.05, 3.63) is 40.7 Å². The monoisotopic (exact) mass is 290 g/mol. The van der Waals surface area contributed by atoms with Gasteiger partial charge < -0.3 is 9.72 Å². The van der Waals surface area contributed by atoms with E-state index in [4.69, 9.17) is 17.0 Å². The van der Waals surface area contributed by atoms with Crippen LogP contribution in [-0.4, -0.2) is 26.6 Å². The van der Waals surface area contributed by atoms with Gasteiger partial charge in [-0.25, -0.2) is 9.37 Å². The summed E-state index contributed by atoms with van der Waals surface area (Å²) in [6, 6.07) is 4.83. The molecular formula is C13H11FN4OS. The number of fused-ring (bicyclic) bond motifs is 1. The van der Waals surface area contributed by atoms with Crippen molar-refractivity contribution < 1.29 is 9.13 Å². The lowest BCUT2D eigenvalue weighted by Crippen LogP contribution is -2.00. The number of methoxy groups -OCH3 is 1. The first kappa shape index (κ1) is 12.7. The number of imidazole rings is 1. The Kier molecular flexibility index (Phi) is 2.98. The third-order valence-electron chi connectivity index (χ3n) is 3.11. The zero-order valence-corrected chi connectivity index (χ0v) is 11.7. The van der Waals surface area contributed by atoms with Crippen LogP contribution in [0.5, 0.6) is 5.88 Å². The molecule has 0 amide bonds. The molecule has 5 nitrogen and oxygen atoms in total. The van der Waals surface area contributed by atoms with Gasteiger partial charge in [-0.15, -0.1) is 0 Å². The number of aromatic nitrogens is 4. The maximum atomic E-state index is 13.7. The lowest BCUT2D eigenvalue weighted by atomic mass is 10.2. The molecule has 102 valence electrons. The average Bonchev–Trinajstić information content (AvgIpc) is 2.78. The molecule has 0 atom stereocenters. The van der Waals surface area contributed by atoms with Gasteiger partial charge in [-0.05, 0) is 31.3 Å². The highest BCUT2D eigenvalue weighted by Gasteiger charge is 2.15. The van der Waals surface area contributed by atoms with Gasteiger partial charge in [-0.1, -0.05) is 6.07 Å². The van der Waals surface area contributed by atoms with Crippen LogP contribution in [0.4, 0.5) is 4.39 Å². The number of nitrogens with zero attached hydrogens (tertiary/aromatic N) is 3. The molecule has 0 aliphatic heterocycles. The van der Waals surface area contributed by atoms with Crippen molar-refractivity contribution in [1.29, 1.82) is 0 Å². The van der Waals surface area contributed by atoms with Crippen molar-refractivity contribution in [2.24, 2.45) is 0 Å². The van der Waals surface area contributed by atoms with E-state index in [0.29, 0.717) is 33.1 Å². The molecule has 0 spiro atoms. The Morgan fingerprint density at radius 1 is 1.35 bits per heavy atom. The van der Waals surface area contributed by atoms with E-state index in [-0.39, 0.29) is 5.82 Å². The molecule has 0 saturated heterocycles. The highest BCUT2D eigenvalue weighted by molar-refractivity contribution is 7.71. The first-order valence-corrected chi connectivity index (χ1v) is 6.29. The van der Waals surface area contributed by atoms with Crippen molar-refractivity contribution in [3.8, 4) is 11.6 Å². The van der Waals surface area contributed by atoms with Crippen LogP contribution in [-0.2, 0) is 0 Å². The van der Waals surface area contributed by atoms with E-state index in [1.54, 1.807) is 23.6 Å². The van der Waals surface area contributed by atoms with E-state index in [1.165, 1.54) is 19.5 Å². The summed E-state index contributed by atoms with van der Waals surface area (Å²) in [4.78, 5) is 11.2. The molecule has 7 heteroatoms. The largest absolute Gasteiger partial charge is 0.479 e. The smallest absolute Gasteiger partial charge is 0.242 e. The fourth-order valence-corrected chi connectivity index (χ4v) is 2.40. The Morgan fingerprint density at radius 2 is 2.15 bits per heavy atom. The SMILES string of the molecule is COc1ncnc2c1[nH]c(=S)n2-c1cccc(F)c1C. The number of ether oxygens (including phenoxy) is 1. The van der Waals surface area contributed by atoms with E-state index >= 15 is 0 Å². The number of aromatic amines is 1. The fourth-order valence-electron chi connectivity index (χ4n) is 2.12.